The molecule has 9 nitrogen and oxygen atoms in total. The molecule has 1 aromatic rings. The van der Waals surface area contributed by atoms with E-state index in [1.165, 1.54) is 19.3 Å². The quantitative estimate of drug-likeness (QED) is 0.318. The molecule has 1 aromatic heterocycles. The van der Waals surface area contributed by atoms with E-state index in [1.807, 2.05) is 12.5 Å². The molecule has 1 aliphatic carbocycles. The van der Waals surface area contributed by atoms with Crippen LogP contribution in [0.2, 0.25) is 0 Å². The standard InChI is InChI=1S/C21H33N3O6/c1-15(2)20(27)29-14-30-21(28)22-10-6-7-16(19(25)26)11-17-12-24(13-23-17)18-8-4-3-5-9-18/h12-13,15-16,18H,3-11,14H2,1-2H3,(H,22,28)(H,25,26). The summed E-state index contributed by atoms with van der Waals surface area (Å²) in [7, 11) is 0. The molecule has 1 heterocycles. The number of rotatable bonds is 11. The fourth-order valence-corrected chi connectivity index (χ4v) is 3.53. The monoisotopic (exact) mass is 423 g/mol. The molecule has 0 radical (unpaired) electrons. The number of carbonyl (C=O) groups is 3. The molecule has 2 rings (SSSR count). The molecule has 1 atom stereocenters. The van der Waals surface area contributed by atoms with Gasteiger partial charge in [-0.3, -0.25) is 9.59 Å². The summed E-state index contributed by atoms with van der Waals surface area (Å²) < 4.78 is 11.6. The lowest BCUT2D eigenvalue weighted by Crippen LogP contribution is -2.28. The molecule has 0 bridgehead atoms. The summed E-state index contributed by atoms with van der Waals surface area (Å²) in [6.45, 7) is 3.20. The van der Waals surface area contributed by atoms with Crippen LogP contribution in [0, 0.1) is 11.8 Å². The summed E-state index contributed by atoms with van der Waals surface area (Å²) in [5, 5.41) is 12.0. The van der Waals surface area contributed by atoms with Crippen LogP contribution < -0.4 is 5.32 Å². The van der Waals surface area contributed by atoms with E-state index in [2.05, 4.69) is 14.9 Å². The third-order valence-electron chi connectivity index (χ3n) is 5.32. The van der Waals surface area contributed by atoms with E-state index in [1.54, 1.807) is 13.8 Å². The van der Waals surface area contributed by atoms with Gasteiger partial charge >= 0.3 is 18.0 Å². The van der Waals surface area contributed by atoms with E-state index in [-0.39, 0.29) is 12.5 Å². The number of hydrogen-bond acceptors (Lipinski definition) is 6. The number of aliphatic carboxylic acids is 1. The molecule has 9 heteroatoms. The summed E-state index contributed by atoms with van der Waals surface area (Å²) in [4.78, 5) is 38.8. The third kappa shape index (κ3) is 8.04. The minimum Gasteiger partial charge on any atom is -0.481 e. The molecule has 0 spiro atoms. The molecule has 30 heavy (non-hydrogen) atoms. The molecule has 1 saturated carbocycles. The zero-order valence-corrected chi connectivity index (χ0v) is 17.8. The molecule has 168 valence electrons. The van der Waals surface area contributed by atoms with E-state index in [0.29, 0.717) is 25.3 Å². The van der Waals surface area contributed by atoms with Gasteiger partial charge in [-0.2, -0.15) is 0 Å². The molecular weight excluding hydrogens is 390 g/mol. The first-order chi connectivity index (χ1) is 14.4. The van der Waals surface area contributed by atoms with E-state index in [4.69, 9.17) is 9.47 Å². The number of carboxylic acid groups (broad SMARTS) is 1. The van der Waals surface area contributed by atoms with Gasteiger partial charge in [0.25, 0.3) is 0 Å². The summed E-state index contributed by atoms with van der Waals surface area (Å²) in [5.74, 6) is -2.17. The first-order valence-corrected chi connectivity index (χ1v) is 10.7. The van der Waals surface area contributed by atoms with Gasteiger partial charge in [0.2, 0.25) is 6.79 Å². The second-order valence-electron chi connectivity index (χ2n) is 8.08. The number of aromatic nitrogens is 2. The fraction of sp³-hybridized carbons (Fsp3) is 0.714. The Labute approximate surface area is 177 Å². The molecule has 1 fully saturated rings. The lowest BCUT2D eigenvalue weighted by Gasteiger charge is -2.22. The number of carbonyl (C=O) groups excluding carboxylic acids is 2. The first kappa shape index (κ1) is 23.7. The van der Waals surface area contributed by atoms with Crippen molar-refractivity contribution in [2.45, 2.75) is 71.3 Å². The summed E-state index contributed by atoms with van der Waals surface area (Å²) in [6, 6.07) is 0.471. The van der Waals surface area contributed by atoms with Crippen molar-refractivity contribution in [3.63, 3.8) is 0 Å². The second kappa shape index (κ2) is 12.2. The lowest BCUT2D eigenvalue weighted by molar-refractivity contribution is -0.155. The molecule has 1 amide bonds. The number of esters is 1. The Hall–Kier alpha value is -2.58. The van der Waals surface area contributed by atoms with Gasteiger partial charge in [0.15, 0.2) is 0 Å². The molecule has 0 aromatic carbocycles. The number of hydrogen-bond donors (Lipinski definition) is 2. The SMILES string of the molecule is CC(C)C(=O)OCOC(=O)NCCCC(Cc1cn(C2CCCCC2)cn1)C(=O)O. The predicted octanol–water partition coefficient (Wildman–Crippen LogP) is 3.29. The van der Waals surface area contributed by atoms with Crippen molar-refractivity contribution in [2.75, 3.05) is 13.3 Å². The topological polar surface area (TPSA) is 120 Å². The Morgan fingerprint density at radius 3 is 2.63 bits per heavy atom. The van der Waals surface area contributed by atoms with Crippen LogP contribution in [-0.2, 0) is 25.5 Å². The minimum atomic E-state index is -0.870. The zero-order chi connectivity index (χ0) is 21.9. The van der Waals surface area contributed by atoms with Crippen molar-refractivity contribution in [2.24, 2.45) is 11.8 Å². The molecule has 0 saturated heterocycles. The third-order valence-corrected chi connectivity index (χ3v) is 5.32. The van der Waals surface area contributed by atoms with Gasteiger partial charge in [-0.15, -0.1) is 0 Å². The zero-order valence-electron chi connectivity index (χ0n) is 17.8. The van der Waals surface area contributed by atoms with Crippen molar-refractivity contribution in [1.82, 2.24) is 14.9 Å². The number of amides is 1. The van der Waals surface area contributed by atoms with E-state index < -0.39 is 30.7 Å². The van der Waals surface area contributed by atoms with Gasteiger partial charge in [0.1, 0.15) is 0 Å². The highest BCUT2D eigenvalue weighted by molar-refractivity contribution is 5.72. The van der Waals surface area contributed by atoms with E-state index in [0.717, 1.165) is 18.5 Å². The maximum Gasteiger partial charge on any atom is 0.410 e. The highest BCUT2D eigenvalue weighted by Gasteiger charge is 2.21. The number of alkyl carbamates (subject to hydrolysis) is 1. The van der Waals surface area contributed by atoms with Crippen molar-refractivity contribution >= 4 is 18.0 Å². The lowest BCUT2D eigenvalue weighted by atomic mass is 9.95. The Kier molecular flexibility index (Phi) is 9.63. The summed E-state index contributed by atoms with van der Waals surface area (Å²) >= 11 is 0. The molecule has 2 N–H and O–H groups in total. The average Bonchev–Trinajstić information content (AvgIpc) is 3.19. The van der Waals surface area contributed by atoms with Gasteiger partial charge in [-0.1, -0.05) is 33.1 Å². The normalized spacial score (nSPS) is 15.6. The molecule has 1 unspecified atom stereocenters. The van der Waals surface area contributed by atoms with Crippen LogP contribution in [0.4, 0.5) is 4.79 Å². The Morgan fingerprint density at radius 2 is 1.97 bits per heavy atom. The smallest absolute Gasteiger partial charge is 0.410 e. The molecule has 1 aliphatic rings. The van der Waals surface area contributed by atoms with Gasteiger partial charge in [-0.05, 0) is 25.7 Å². The molecular formula is C21H33N3O6. The van der Waals surface area contributed by atoms with Crippen LogP contribution >= 0.6 is 0 Å². The van der Waals surface area contributed by atoms with Crippen LogP contribution in [-0.4, -0.2) is 46.0 Å². The predicted molar refractivity (Wildman–Crippen MR) is 109 cm³/mol. The number of nitrogens with zero attached hydrogens (tertiary/aromatic N) is 2. The highest BCUT2D eigenvalue weighted by atomic mass is 16.7. The van der Waals surface area contributed by atoms with E-state index in [9.17, 15) is 19.5 Å². The van der Waals surface area contributed by atoms with Crippen LogP contribution in [0.15, 0.2) is 12.5 Å². The van der Waals surface area contributed by atoms with Gasteiger partial charge in [0.05, 0.1) is 23.9 Å². The van der Waals surface area contributed by atoms with Gasteiger partial charge in [-0.25, -0.2) is 9.78 Å². The van der Waals surface area contributed by atoms with Crippen LogP contribution in [0.5, 0.6) is 0 Å². The second-order valence-corrected chi connectivity index (χ2v) is 8.08. The number of imidazole rings is 1. The molecule has 0 aliphatic heterocycles. The van der Waals surface area contributed by atoms with Crippen LogP contribution in [0.3, 0.4) is 0 Å². The van der Waals surface area contributed by atoms with E-state index >= 15 is 0 Å². The largest absolute Gasteiger partial charge is 0.481 e. The maximum absolute atomic E-state index is 11.6. The highest BCUT2D eigenvalue weighted by Crippen LogP contribution is 2.28. The number of nitrogens with one attached hydrogen (secondary N) is 1. The van der Waals surface area contributed by atoms with Crippen molar-refractivity contribution in [3.8, 4) is 0 Å². The number of ether oxygens (including phenoxy) is 2. The maximum atomic E-state index is 11.6. The van der Waals surface area contributed by atoms with Gasteiger partial charge in [0, 0.05) is 25.2 Å². The Balaban J connectivity index is 1.68. The average molecular weight is 424 g/mol. The Morgan fingerprint density at radius 1 is 1.23 bits per heavy atom. The van der Waals surface area contributed by atoms with Crippen LogP contribution in [0.1, 0.15) is 70.5 Å². The van der Waals surface area contributed by atoms with Crippen molar-refractivity contribution < 1.29 is 29.0 Å². The summed E-state index contributed by atoms with van der Waals surface area (Å²) in [6.07, 6.45) is 10.4. The summed E-state index contributed by atoms with van der Waals surface area (Å²) in [5.41, 5.74) is 0.785. The first-order valence-electron chi connectivity index (χ1n) is 10.7. The van der Waals surface area contributed by atoms with Gasteiger partial charge < -0.3 is 24.5 Å². The van der Waals surface area contributed by atoms with Crippen molar-refractivity contribution in [3.05, 3.63) is 18.2 Å². The Bertz CT molecular complexity index is 697. The van der Waals surface area contributed by atoms with Crippen LogP contribution in [0.25, 0.3) is 0 Å². The van der Waals surface area contributed by atoms with Crippen molar-refractivity contribution in [1.29, 1.82) is 0 Å². The minimum absolute atomic E-state index is 0.275. The fourth-order valence-electron chi connectivity index (χ4n) is 3.53. The number of carboxylic acids is 1.